The van der Waals surface area contributed by atoms with Gasteiger partial charge in [-0.3, -0.25) is 0 Å². The van der Waals surface area contributed by atoms with Crippen molar-refractivity contribution in [3.63, 3.8) is 0 Å². The molecule has 0 saturated carbocycles. The molecule has 2 atom stereocenters. The summed E-state index contributed by atoms with van der Waals surface area (Å²) in [6.45, 7) is 2.32. The van der Waals surface area contributed by atoms with E-state index in [-0.39, 0.29) is 0 Å². The van der Waals surface area contributed by atoms with E-state index in [4.69, 9.17) is 5.11 Å². The molecule has 0 amide bonds. The Labute approximate surface area is 41.0 Å². The predicted molar refractivity (Wildman–Crippen MR) is 30.8 cm³/mol. The fraction of sp³-hybridized carbons (Fsp3) is 1.00. The Kier molecular flexibility index (Phi) is 3.81. The van der Waals surface area contributed by atoms with Crippen LogP contribution in [0.5, 0.6) is 0 Å². The third kappa shape index (κ3) is 2.62. The van der Waals surface area contributed by atoms with Gasteiger partial charge in [0.25, 0.3) is 0 Å². The van der Waals surface area contributed by atoms with Gasteiger partial charge in [-0.2, -0.15) is 0 Å². The second-order valence-corrected chi connectivity index (χ2v) is 1.99. The summed E-state index contributed by atoms with van der Waals surface area (Å²) in [5.74, 6) is 0.454. The zero-order chi connectivity index (χ0) is 4.99. The fourth-order valence-corrected chi connectivity index (χ4v) is 0.224. The van der Waals surface area contributed by atoms with Crippen molar-refractivity contribution in [1.29, 1.82) is 0 Å². The highest BCUT2D eigenvalue weighted by atomic mass is 31.0. The Hall–Kier alpha value is 0.390. The van der Waals surface area contributed by atoms with Crippen molar-refractivity contribution in [1.82, 2.24) is 0 Å². The zero-order valence-electron chi connectivity index (χ0n) is 4.02. The first-order valence-electron chi connectivity index (χ1n) is 2.12. The van der Waals surface area contributed by atoms with Crippen molar-refractivity contribution >= 4 is 9.24 Å². The molecule has 0 aliphatic rings. The maximum absolute atomic E-state index is 8.32. The lowest BCUT2D eigenvalue weighted by Crippen LogP contribution is -1.99. The summed E-state index contributed by atoms with van der Waals surface area (Å²) < 4.78 is 0. The normalized spacial score (nSPS) is 14.5. The van der Waals surface area contributed by atoms with Crippen molar-refractivity contribution < 1.29 is 5.11 Å². The largest absolute Gasteiger partial charge is 0.396 e. The van der Waals surface area contributed by atoms with E-state index in [1.54, 1.807) is 0 Å². The van der Waals surface area contributed by atoms with Crippen LogP contribution >= 0.6 is 9.24 Å². The SMILES string of the molecule is CC(CO)CP. The Morgan fingerprint density at radius 2 is 2.33 bits per heavy atom. The lowest BCUT2D eigenvalue weighted by atomic mass is 10.2. The summed E-state index contributed by atoms with van der Waals surface area (Å²) >= 11 is 0. The van der Waals surface area contributed by atoms with Crippen molar-refractivity contribution in [2.24, 2.45) is 5.92 Å². The van der Waals surface area contributed by atoms with Crippen molar-refractivity contribution in [3.8, 4) is 0 Å². The molecule has 0 radical (unpaired) electrons. The lowest BCUT2D eigenvalue weighted by molar-refractivity contribution is 0.250. The van der Waals surface area contributed by atoms with Crippen LogP contribution in [0, 0.1) is 5.92 Å². The summed E-state index contributed by atoms with van der Waals surface area (Å²) in [4.78, 5) is 0. The highest BCUT2D eigenvalue weighted by Gasteiger charge is 1.90. The third-order valence-electron chi connectivity index (χ3n) is 0.714. The van der Waals surface area contributed by atoms with Gasteiger partial charge < -0.3 is 5.11 Å². The molecular formula is C4H11OP. The van der Waals surface area contributed by atoms with Gasteiger partial charge in [0.1, 0.15) is 0 Å². The van der Waals surface area contributed by atoms with Gasteiger partial charge in [-0.05, 0) is 12.1 Å². The molecule has 0 aromatic carbocycles. The van der Waals surface area contributed by atoms with Gasteiger partial charge in [-0.15, -0.1) is 9.24 Å². The van der Waals surface area contributed by atoms with Crippen molar-refractivity contribution in [2.75, 3.05) is 12.8 Å². The molecule has 6 heavy (non-hydrogen) atoms. The molecule has 0 rings (SSSR count). The minimum atomic E-state index is 0.309. The van der Waals surface area contributed by atoms with Crippen molar-refractivity contribution in [2.45, 2.75) is 6.92 Å². The highest BCUT2D eigenvalue weighted by molar-refractivity contribution is 7.16. The third-order valence-corrected chi connectivity index (χ3v) is 1.52. The maximum Gasteiger partial charge on any atom is 0.0459 e. The number of aliphatic hydroxyl groups is 1. The molecule has 0 aliphatic heterocycles. The van der Waals surface area contributed by atoms with E-state index in [0.717, 1.165) is 6.16 Å². The van der Waals surface area contributed by atoms with Crippen LogP contribution in [0.1, 0.15) is 6.92 Å². The Bertz CT molecular complexity index is 26.7. The van der Waals surface area contributed by atoms with Crippen LogP contribution in [0.25, 0.3) is 0 Å². The van der Waals surface area contributed by atoms with Gasteiger partial charge >= 0.3 is 0 Å². The summed E-state index contributed by atoms with van der Waals surface area (Å²) in [6, 6.07) is 0. The smallest absolute Gasteiger partial charge is 0.0459 e. The van der Waals surface area contributed by atoms with E-state index >= 15 is 0 Å². The topological polar surface area (TPSA) is 20.2 Å². The molecule has 1 nitrogen and oxygen atoms in total. The average molecular weight is 106 g/mol. The zero-order valence-corrected chi connectivity index (χ0v) is 5.17. The van der Waals surface area contributed by atoms with Crippen LogP contribution < -0.4 is 0 Å². The van der Waals surface area contributed by atoms with E-state index in [2.05, 4.69) is 9.24 Å². The van der Waals surface area contributed by atoms with E-state index in [1.165, 1.54) is 0 Å². The molecule has 0 aromatic rings. The van der Waals surface area contributed by atoms with Crippen LogP contribution in [0.3, 0.4) is 0 Å². The molecule has 38 valence electrons. The van der Waals surface area contributed by atoms with Gasteiger partial charge in [-0.25, -0.2) is 0 Å². The van der Waals surface area contributed by atoms with Gasteiger partial charge in [0.2, 0.25) is 0 Å². The van der Waals surface area contributed by atoms with Gasteiger partial charge in [0.15, 0.2) is 0 Å². The summed E-state index contributed by atoms with van der Waals surface area (Å²) in [5, 5.41) is 8.32. The first-order valence-corrected chi connectivity index (χ1v) is 2.93. The van der Waals surface area contributed by atoms with E-state index in [9.17, 15) is 0 Å². The summed E-state index contributed by atoms with van der Waals surface area (Å²) in [6.07, 6.45) is 0.997. The molecule has 0 aromatic heterocycles. The van der Waals surface area contributed by atoms with Crippen LogP contribution in [0.15, 0.2) is 0 Å². The van der Waals surface area contributed by atoms with E-state index < -0.39 is 0 Å². The second kappa shape index (κ2) is 3.58. The fourth-order valence-electron chi connectivity index (χ4n) is 0.0745. The number of hydrogen-bond donors (Lipinski definition) is 1. The van der Waals surface area contributed by atoms with Crippen LogP contribution in [-0.4, -0.2) is 17.9 Å². The minimum absolute atomic E-state index is 0.309. The molecule has 1 N–H and O–H groups in total. The molecule has 0 fully saturated rings. The minimum Gasteiger partial charge on any atom is -0.396 e. The van der Waals surface area contributed by atoms with Crippen LogP contribution in [0.2, 0.25) is 0 Å². The first-order chi connectivity index (χ1) is 2.81. The van der Waals surface area contributed by atoms with Gasteiger partial charge in [0.05, 0.1) is 0 Å². The number of rotatable bonds is 2. The number of hydrogen-bond acceptors (Lipinski definition) is 1. The van der Waals surface area contributed by atoms with Gasteiger partial charge in [-0.1, -0.05) is 6.92 Å². The Morgan fingerprint density at radius 3 is 2.33 bits per heavy atom. The molecule has 0 aliphatic carbocycles. The number of aliphatic hydroxyl groups excluding tert-OH is 1. The molecule has 0 bridgehead atoms. The Balaban J connectivity index is 2.75. The molecular weight excluding hydrogens is 95.0 g/mol. The van der Waals surface area contributed by atoms with E-state index in [0.29, 0.717) is 12.5 Å². The maximum atomic E-state index is 8.32. The monoisotopic (exact) mass is 106 g/mol. The van der Waals surface area contributed by atoms with Crippen LogP contribution in [-0.2, 0) is 0 Å². The second-order valence-electron chi connectivity index (χ2n) is 1.52. The lowest BCUT2D eigenvalue weighted by Gasteiger charge is -1.97. The average Bonchev–Trinajstić information content (AvgIpc) is 1.65. The van der Waals surface area contributed by atoms with E-state index in [1.807, 2.05) is 6.92 Å². The van der Waals surface area contributed by atoms with Crippen LogP contribution in [0.4, 0.5) is 0 Å². The quantitative estimate of drug-likeness (QED) is 0.508. The predicted octanol–water partition coefficient (Wildman–Crippen LogP) is 0.490. The summed E-state index contributed by atoms with van der Waals surface area (Å²) in [7, 11) is 2.58. The molecule has 2 heteroatoms. The molecule has 0 heterocycles. The first kappa shape index (κ1) is 6.39. The summed E-state index contributed by atoms with van der Waals surface area (Å²) in [5.41, 5.74) is 0. The highest BCUT2D eigenvalue weighted by Crippen LogP contribution is 1.95. The molecule has 0 spiro atoms. The Morgan fingerprint density at radius 1 is 1.83 bits per heavy atom. The van der Waals surface area contributed by atoms with Crippen molar-refractivity contribution in [3.05, 3.63) is 0 Å². The molecule has 2 unspecified atom stereocenters. The standard InChI is InChI=1S/C4H11OP/c1-4(2-5)3-6/h4-5H,2-3,6H2,1H3. The van der Waals surface area contributed by atoms with Gasteiger partial charge in [0, 0.05) is 6.61 Å². The molecule has 0 saturated heterocycles.